The first-order chi connectivity index (χ1) is 11.9. The van der Waals surface area contributed by atoms with E-state index < -0.39 is 10.0 Å². The first-order valence-electron chi connectivity index (χ1n) is 7.89. The average Bonchev–Trinajstić information content (AvgIpc) is 2.65. The van der Waals surface area contributed by atoms with E-state index in [0.717, 1.165) is 5.56 Å². The Balaban J connectivity index is 2.25. The Kier molecular flexibility index (Phi) is 6.12. The van der Waals surface area contributed by atoms with Crippen molar-refractivity contribution in [3.8, 4) is 0 Å². The molecule has 1 atom stereocenters. The lowest BCUT2D eigenvalue weighted by Gasteiger charge is -2.25. The molecular formula is C19H22N2O3S. The minimum absolute atomic E-state index is 0.0564. The summed E-state index contributed by atoms with van der Waals surface area (Å²) in [6, 6.07) is 15.6. The van der Waals surface area contributed by atoms with Gasteiger partial charge in [-0.05, 0) is 30.7 Å². The van der Waals surface area contributed by atoms with Gasteiger partial charge in [-0.1, -0.05) is 42.5 Å². The van der Waals surface area contributed by atoms with Gasteiger partial charge in [0.05, 0.1) is 10.9 Å². The Hall–Kier alpha value is -2.44. The van der Waals surface area contributed by atoms with Crippen molar-refractivity contribution >= 4 is 15.9 Å². The van der Waals surface area contributed by atoms with Crippen LogP contribution in [-0.4, -0.2) is 32.8 Å². The summed E-state index contributed by atoms with van der Waals surface area (Å²) in [5.74, 6) is -0.239. The lowest BCUT2D eigenvalue weighted by atomic mass is 10.1. The summed E-state index contributed by atoms with van der Waals surface area (Å²) in [7, 11) is -1.96. The van der Waals surface area contributed by atoms with E-state index in [2.05, 4.69) is 11.3 Å². The largest absolute Gasteiger partial charge is 0.335 e. The minimum atomic E-state index is -3.67. The van der Waals surface area contributed by atoms with E-state index in [1.165, 1.54) is 18.2 Å². The molecule has 0 aliphatic carbocycles. The molecule has 0 bridgehead atoms. The highest BCUT2D eigenvalue weighted by Gasteiger charge is 2.21. The van der Waals surface area contributed by atoms with Gasteiger partial charge >= 0.3 is 0 Å². The molecule has 2 aromatic rings. The van der Waals surface area contributed by atoms with Crippen LogP contribution in [0, 0.1) is 0 Å². The van der Waals surface area contributed by atoms with Gasteiger partial charge in [0, 0.05) is 19.2 Å². The predicted molar refractivity (Wildman–Crippen MR) is 98.8 cm³/mol. The van der Waals surface area contributed by atoms with Gasteiger partial charge in [-0.3, -0.25) is 4.79 Å². The van der Waals surface area contributed by atoms with Gasteiger partial charge in [-0.2, -0.15) is 0 Å². The third-order valence-electron chi connectivity index (χ3n) is 3.99. The predicted octanol–water partition coefficient (Wildman–Crippen LogP) is 2.98. The van der Waals surface area contributed by atoms with Crippen LogP contribution in [0.3, 0.4) is 0 Å². The van der Waals surface area contributed by atoms with Crippen LogP contribution in [0.4, 0.5) is 0 Å². The number of carbonyl (C=O) groups excluding carboxylic acids is 1. The number of carbonyl (C=O) groups is 1. The zero-order valence-corrected chi connectivity index (χ0v) is 15.2. The van der Waals surface area contributed by atoms with Crippen molar-refractivity contribution in [1.82, 2.24) is 9.62 Å². The fourth-order valence-electron chi connectivity index (χ4n) is 2.38. The second kappa shape index (κ2) is 8.09. The molecule has 1 amide bonds. The SMILES string of the molecule is C=CCNS(=O)(=O)c1cccc(C(=O)N(C)C(C)c2ccccc2)c1. The molecule has 5 nitrogen and oxygen atoms in total. The van der Waals surface area contributed by atoms with Crippen molar-refractivity contribution in [3.05, 3.63) is 78.4 Å². The molecule has 0 heterocycles. The molecule has 6 heteroatoms. The third-order valence-corrected chi connectivity index (χ3v) is 5.41. The van der Waals surface area contributed by atoms with Crippen LogP contribution >= 0.6 is 0 Å². The molecule has 1 N–H and O–H groups in total. The van der Waals surface area contributed by atoms with Gasteiger partial charge in [-0.15, -0.1) is 6.58 Å². The Bertz CT molecular complexity index is 848. The lowest BCUT2D eigenvalue weighted by Crippen LogP contribution is -2.30. The van der Waals surface area contributed by atoms with Crippen molar-refractivity contribution in [2.45, 2.75) is 17.9 Å². The molecule has 0 fully saturated rings. The highest BCUT2D eigenvalue weighted by Crippen LogP contribution is 2.21. The molecule has 0 radical (unpaired) electrons. The first-order valence-corrected chi connectivity index (χ1v) is 9.38. The summed E-state index contributed by atoms with van der Waals surface area (Å²) in [6.45, 7) is 5.55. The molecular weight excluding hydrogens is 336 g/mol. The molecule has 25 heavy (non-hydrogen) atoms. The summed E-state index contributed by atoms with van der Waals surface area (Å²) >= 11 is 0. The van der Waals surface area contributed by atoms with Crippen LogP contribution in [-0.2, 0) is 10.0 Å². The fraction of sp³-hybridized carbons (Fsp3) is 0.211. The van der Waals surface area contributed by atoms with Crippen molar-refractivity contribution < 1.29 is 13.2 Å². The monoisotopic (exact) mass is 358 g/mol. The molecule has 0 aromatic heterocycles. The topological polar surface area (TPSA) is 66.5 Å². The van der Waals surface area contributed by atoms with Crippen LogP contribution in [0.15, 0.2) is 72.1 Å². The number of nitrogens with one attached hydrogen (secondary N) is 1. The molecule has 0 spiro atoms. The molecule has 132 valence electrons. The maximum atomic E-state index is 12.7. The van der Waals surface area contributed by atoms with Crippen molar-refractivity contribution in [3.63, 3.8) is 0 Å². The summed E-state index contributed by atoms with van der Waals surface area (Å²) in [6.07, 6.45) is 1.46. The second-order valence-electron chi connectivity index (χ2n) is 5.67. The Morgan fingerprint density at radius 1 is 1.20 bits per heavy atom. The van der Waals surface area contributed by atoms with Crippen molar-refractivity contribution in [2.24, 2.45) is 0 Å². The lowest BCUT2D eigenvalue weighted by molar-refractivity contribution is 0.0742. The van der Waals surface area contributed by atoms with E-state index in [9.17, 15) is 13.2 Å². The summed E-state index contributed by atoms with van der Waals surface area (Å²) in [4.78, 5) is 14.4. The van der Waals surface area contributed by atoms with E-state index in [1.807, 2.05) is 37.3 Å². The zero-order valence-electron chi connectivity index (χ0n) is 14.3. The average molecular weight is 358 g/mol. The summed E-state index contributed by atoms with van der Waals surface area (Å²) in [5, 5.41) is 0. The van der Waals surface area contributed by atoms with E-state index in [-0.39, 0.29) is 23.4 Å². The molecule has 2 rings (SSSR count). The van der Waals surface area contributed by atoms with Gasteiger partial charge in [0.25, 0.3) is 5.91 Å². The van der Waals surface area contributed by atoms with Crippen LogP contribution in [0.1, 0.15) is 28.9 Å². The van der Waals surface area contributed by atoms with Gasteiger partial charge in [-0.25, -0.2) is 13.1 Å². The maximum absolute atomic E-state index is 12.7. The smallest absolute Gasteiger partial charge is 0.254 e. The van der Waals surface area contributed by atoms with Crippen LogP contribution in [0.5, 0.6) is 0 Å². The van der Waals surface area contributed by atoms with Crippen molar-refractivity contribution in [2.75, 3.05) is 13.6 Å². The quantitative estimate of drug-likeness (QED) is 0.774. The number of hydrogen-bond donors (Lipinski definition) is 1. The fourth-order valence-corrected chi connectivity index (χ4v) is 3.43. The molecule has 0 aliphatic rings. The highest BCUT2D eigenvalue weighted by molar-refractivity contribution is 7.89. The van der Waals surface area contributed by atoms with Crippen LogP contribution in [0.25, 0.3) is 0 Å². The van der Waals surface area contributed by atoms with Crippen molar-refractivity contribution in [1.29, 1.82) is 0 Å². The number of amides is 1. The number of benzene rings is 2. The summed E-state index contributed by atoms with van der Waals surface area (Å²) in [5.41, 5.74) is 1.33. The number of sulfonamides is 1. The normalized spacial score (nSPS) is 12.4. The standard InChI is InChI=1S/C19H22N2O3S/c1-4-13-20-25(23,24)18-12-8-11-17(14-18)19(22)21(3)15(2)16-9-6-5-7-10-16/h4-12,14-15,20H,1,13H2,2-3H3. The Labute approximate surface area is 149 Å². The summed E-state index contributed by atoms with van der Waals surface area (Å²) < 4.78 is 26.8. The van der Waals surface area contributed by atoms with Gasteiger partial charge < -0.3 is 4.90 Å². The number of hydrogen-bond acceptors (Lipinski definition) is 3. The molecule has 2 aromatic carbocycles. The van der Waals surface area contributed by atoms with E-state index in [1.54, 1.807) is 24.1 Å². The first kappa shape index (κ1) is 18.9. The van der Waals surface area contributed by atoms with Gasteiger partial charge in [0.1, 0.15) is 0 Å². The van der Waals surface area contributed by atoms with E-state index >= 15 is 0 Å². The van der Waals surface area contributed by atoms with E-state index in [4.69, 9.17) is 0 Å². The number of rotatable bonds is 7. The highest BCUT2D eigenvalue weighted by atomic mass is 32.2. The van der Waals surface area contributed by atoms with E-state index in [0.29, 0.717) is 5.56 Å². The van der Waals surface area contributed by atoms with Crippen LogP contribution in [0.2, 0.25) is 0 Å². The number of nitrogens with zero attached hydrogens (tertiary/aromatic N) is 1. The van der Waals surface area contributed by atoms with Gasteiger partial charge in [0.15, 0.2) is 0 Å². The second-order valence-corrected chi connectivity index (χ2v) is 7.44. The molecule has 0 aliphatic heterocycles. The third kappa shape index (κ3) is 4.55. The van der Waals surface area contributed by atoms with Gasteiger partial charge in [0.2, 0.25) is 10.0 Å². The zero-order chi connectivity index (χ0) is 18.4. The molecule has 0 saturated heterocycles. The Morgan fingerprint density at radius 2 is 1.88 bits per heavy atom. The molecule has 1 unspecified atom stereocenters. The minimum Gasteiger partial charge on any atom is -0.335 e. The molecule has 0 saturated carbocycles. The van der Waals surface area contributed by atoms with Crippen LogP contribution < -0.4 is 4.72 Å². The maximum Gasteiger partial charge on any atom is 0.254 e. The Morgan fingerprint density at radius 3 is 2.52 bits per heavy atom.